The summed E-state index contributed by atoms with van der Waals surface area (Å²) in [6.45, 7) is 0.518. The Kier molecular flexibility index (Phi) is 3.83. The van der Waals surface area contributed by atoms with Crippen molar-refractivity contribution in [1.29, 1.82) is 0 Å². The fourth-order valence-electron chi connectivity index (χ4n) is 1.95. The minimum atomic E-state index is 0.192. The number of hydrogen-bond donors (Lipinski definition) is 1. The summed E-state index contributed by atoms with van der Waals surface area (Å²) >= 11 is 3.26. The molecule has 1 aliphatic carbocycles. The van der Waals surface area contributed by atoms with E-state index in [1.807, 2.05) is 12.1 Å². The van der Waals surface area contributed by atoms with Gasteiger partial charge in [0.1, 0.15) is 12.4 Å². The maximum Gasteiger partial charge on any atom is 0.169 e. The van der Waals surface area contributed by atoms with E-state index < -0.39 is 0 Å². The molecule has 0 spiro atoms. The zero-order valence-electron chi connectivity index (χ0n) is 8.62. The van der Waals surface area contributed by atoms with Crippen LogP contribution in [0.5, 0.6) is 0 Å². The molecule has 3 nitrogen and oxygen atoms in total. The Morgan fingerprint density at radius 1 is 1.40 bits per heavy atom. The molecule has 0 aromatic carbocycles. The maximum absolute atomic E-state index is 5.98. The van der Waals surface area contributed by atoms with Crippen molar-refractivity contribution in [2.75, 3.05) is 0 Å². The van der Waals surface area contributed by atoms with E-state index in [-0.39, 0.29) is 12.1 Å². The van der Waals surface area contributed by atoms with E-state index >= 15 is 0 Å². The van der Waals surface area contributed by atoms with E-state index in [2.05, 4.69) is 15.9 Å². The third kappa shape index (κ3) is 3.06. The second kappa shape index (κ2) is 5.14. The van der Waals surface area contributed by atoms with Gasteiger partial charge in [0.15, 0.2) is 4.67 Å². The summed E-state index contributed by atoms with van der Waals surface area (Å²) in [6.07, 6.45) is 4.80. The van der Waals surface area contributed by atoms with Crippen LogP contribution in [-0.4, -0.2) is 12.1 Å². The molecular formula is C11H16BrNO2. The molecule has 2 unspecified atom stereocenters. The second-order valence-electron chi connectivity index (χ2n) is 4.00. The summed E-state index contributed by atoms with van der Waals surface area (Å²) < 4.78 is 11.9. The number of halogens is 1. The Balaban J connectivity index is 1.81. The zero-order chi connectivity index (χ0) is 10.7. The quantitative estimate of drug-likeness (QED) is 0.922. The molecule has 2 N–H and O–H groups in total. The molecule has 1 aromatic heterocycles. The average Bonchev–Trinajstić information content (AvgIpc) is 2.63. The highest BCUT2D eigenvalue weighted by atomic mass is 79.9. The smallest absolute Gasteiger partial charge is 0.169 e. The van der Waals surface area contributed by atoms with E-state index in [9.17, 15) is 0 Å². The lowest BCUT2D eigenvalue weighted by Gasteiger charge is -2.28. The number of nitrogens with two attached hydrogens (primary N) is 1. The van der Waals surface area contributed by atoms with Crippen molar-refractivity contribution in [3.05, 3.63) is 22.6 Å². The summed E-state index contributed by atoms with van der Waals surface area (Å²) in [5.41, 5.74) is 5.98. The van der Waals surface area contributed by atoms with E-state index in [0.717, 1.165) is 23.3 Å². The van der Waals surface area contributed by atoms with Gasteiger partial charge in [-0.05, 0) is 40.9 Å². The van der Waals surface area contributed by atoms with Gasteiger partial charge in [-0.2, -0.15) is 0 Å². The van der Waals surface area contributed by atoms with Crippen LogP contribution in [0.1, 0.15) is 31.4 Å². The van der Waals surface area contributed by atoms with Crippen LogP contribution in [0.3, 0.4) is 0 Å². The lowest BCUT2D eigenvalue weighted by atomic mass is 9.93. The number of ether oxygens (including phenoxy) is 1. The fraction of sp³-hybridized carbons (Fsp3) is 0.636. The van der Waals surface area contributed by atoms with Crippen LogP contribution in [0.25, 0.3) is 0 Å². The third-order valence-electron chi connectivity index (χ3n) is 2.82. The Hall–Kier alpha value is -0.320. The van der Waals surface area contributed by atoms with Gasteiger partial charge in [0.05, 0.1) is 6.10 Å². The second-order valence-corrected chi connectivity index (χ2v) is 4.79. The highest BCUT2D eigenvalue weighted by Gasteiger charge is 2.22. The normalized spacial score (nSPS) is 26.8. The van der Waals surface area contributed by atoms with Crippen LogP contribution in [-0.2, 0) is 11.3 Å². The molecule has 1 aromatic rings. The number of hydrogen-bond acceptors (Lipinski definition) is 3. The maximum atomic E-state index is 5.98. The van der Waals surface area contributed by atoms with Gasteiger partial charge in [0.25, 0.3) is 0 Å². The van der Waals surface area contributed by atoms with Gasteiger partial charge in [-0.3, -0.25) is 0 Å². The minimum Gasteiger partial charge on any atom is -0.452 e. The van der Waals surface area contributed by atoms with Crippen LogP contribution in [0.2, 0.25) is 0 Å². The fourth-order valence-corrected chi connectivity index (χ4v) is 2.29. The van der Waals surface area contributed by atoms with Gasteiger partial charge in [0, 0.05) is 6.04 Å². The van der Waals surface area contributed by atoms with Crippen LogP contribution in [0.4, 0.5) is 0 Å². The van der Waals surface area contributed by atoms with Gasteiger partial charge in [-0.15, -0.1) is 0 Å². The van der Waals surface area contributed by atoms with Gasteiger partial charge in [0.2, 0.25) is 0 Å². The number of rotatable bonds is 3. The summed E-state index contributed by atoms with van der Waals surface area (Å²) in [4.78, 5) is 0. The first-order valence-electron chi connectivity index (χ1n) is 5.37. The highest BCUT2D eigenvalue weighted by Crippen LogP contribution is 2.22. The molecule has 2 atom stereocenters. The summed E-state index contributed by atoms with van der Waals surface area (Å²) in [5, 5.41) is 0. The molecule has 1 aliphatic rings. The van der Waals surface area contributed by atoms with Crippen molar-refractivity contribution in [2.45, 2.75) is 44.4 Å². The summed E-state index contributed by atoms with van der Waals surface area (Å²) in [7, 11) is 0. The molecule has 15 heavy (non-hydrogen) atoms. The van der Waals surface area contributed by atoms with E-state index in [1.54, 1.807) is 0 Å². The zero-order valence-corrected chi connectivity index (χ0v) is 10.2. The molecule has 0 radical (unpaired) electrons. The topological polar surface area (TPSA) is 48.4 Å². The molecule has 1 fully saturated rings. The molecule has 0 aliphatic heterocycles. The van der Waals surface area contributed by atoms with E-state index in [0.29, 0.717) is 6.61 Å². The van der Waals surface area contributed by atoms with Crippen molar-refractivity contribution < 1.29 is 9.15 Å². The summed E-state index contributed by atoms with van der Waals surface area (Å²) in [5.74, 6) is 0.847. The molecule has 2 rings (SSSR count). The van der Waals surface area contributed by atoms with Crippen LogP contribution >= 0.6 is 15.9 Å². The van der Waals surface area contributed by atoms with E-state index in [1.165, 1.54) is 12.8 Å². The lowest BCUT2D eigenvalue weighted by molar-refractivity contribution is -0.00359. The van der Waals surface area contributed by atoms with E-state index in [4.69, 9.17) is 14.9 Å². The average molecular weight is 274 g/mol. The van der Waals surface area contributed by atoms with Crippen LogP contribution in [0.15, 0.2) is 21.2 Å². The molecule has 0 saturated heterocycles. The van der Waals surface area contributed by atoms with Crippen molar-refractivity contribution >= 4 is 15.9 Å². The van der Waals surface area contributed by atoms with Crippen molar-refractivity contribution in [1.82, 2.24) is 0 Å². The molecule has 1 heterocycles. The number of furan rings is 1. The Labute approximate surface area is 98.1 Å². The molecule has 84 valence electrons. The van der Waals surface area contributed by atoms with Gasteiger partial charge in [-0.1, -0.05) is 12.8 Å². The van der Waals surface area contributed by atoms with Crippen molar-refractivity contribution in [3.8, 4) is 0 Å². The highest BCUT2D eigenvalue weighted by molar-refractivity contribution is 9.10. The first-order chi connectivity index (χ1) is 7.25. The minimum absolute atomic E-state index is 0.192. The standard InChI is InChI=1S/C11H16BrNO2/c12-11-6-5-8(15-11)7-14-10-4-2-1-3-9(10)13/h5-6,9-10H,1-4,7,13H2. The molecule has 4 heteroatoms. The molecular weight excluding hydrogens is 258 g/mol. The first-order valence-corrected chi connectivity index (χ1v) is 6.16. The first kappa shape index (κ1) is 11.2. The Morgan fingerprint density at radius 3 is 2.87 bits per heavy atom. The lowest BCUT2D eigenvalue weighted by Crippen LogP contribution is -2.39. The third-order valence-corrected chi connectivity index (χ3v) is 3.25. The van der Waals surface area contributed by atoms with Gasteiger partial charge >= 0.3 is 0 Å². The molecule has 0 bridgehead atoms. The van der Waals surface area contributed by atoms with Crippen LogP contribution < -0.4 is 5.73 Å². The predicted octanol–water partition coefficient (Wildman–Crippen LogP) is 2.83. The van der Waals surface area contributed by atoms with Crippen LogP contribution in [0, 0.1) is 0 Å². The van der Waals surface area contributed by atoms with Gasteiger partial charge < -0.3 is 14.9 Å². The molecule has 0 amide bonds. The monoisotopic (exact) mass is 273 g/mol. The Morgan fingerprint density at radius 2 is 2.20 bits per heavy atom. The SMILES string of the molecule is NC1CCCCC1OCc1ccc(Br)o1. The Bertz CT molecular complexity index is 313. The predicted molar refractivity (Wildman–Crippen MR) is 61.4 cm³/mol. The summed E-state index contributed by atoms with van der Waals surface area (Å²) in [6, 6.07) is 3.98. The van der Waals surface area contributed by atoms with Crippen molar-refractivity contribution in [2.24, 2.45) is 5.73 Å². The molecule has 1 saturated carbocycles. The van der Waals surface area contributed by atoms with Gasteiger partial charge in [-0.25, -0.2) is 0 Å². The largest absolute Gasteiger partial charge is 0.452 e. The van der Waals surface area contributed by atoms with Crippen molar-refractivity contribution in [3.63, 3.8) is 0 Å².